The fourth-order valence-corrected chi connectivity index (χ4v) is 3.16. The lowest BCUT2D eigenvalue weighted by Gasteiger charge is -2.34. The van der Waals surface area contributed by atoms with Crippen LogP contribution in [0.4, 0.5) is 5.82 Å². The highest BCUT2D eigenvalue weighted by molar-refractivity contribution is 6.33. The number of hydrogen-bond acceptors (Lipinski definition) is 6. The molecule has 1 saturated heterocycles. The molecule has 3 aliphatic heterocycles. The first-order valence-corrected chi connectivity index (χ1v) is 7.70. The third-order valence-corrected chi connectivity index (χ3v) is 4.33. The number of hydrogen-bond donors (Lipinski definition) is 1. The maximum atomic E-state index is 13.0. The van der Waals surface area contributed by atoms with E-state index in [-0.39, 0.29) is 17.9 Å². The first-order valence-electron chi connectivity index (χ1n) is 7.70. The van der Waals surface area contributed by atoms with Crippen LogP contribution < -0.4 is 15.0 Å². The van der Waals surface area contributed by atoms with Crippen molar-refractivity contribution in [3.8, 4) is 5.75 Å². The smallest absolute Gasteiger partial charge is 0.270 e. The first kappa shape index (κ1) is 14.1. The van der Waals surface area contributed by atoms with Gasteiger partial charge in [0, 0.05) is 32.4 Å². The molecule has 0 saturated carbocycles. The Morgan fingerprint density at radius 2 is 2.22 bits per heavy atom. The fraction of sp³-hybridized carbons (Fsp3) is 0.467. The van der Waals surface area contributed by atoms with Crippen LogP contribution in [0.2, 0.25) is 0 Å². The number of aliphatic imine (C=N–C) groups is 1. The molecule has 1 aromatic heterocycles. The highest BCUT2D eigenvalue weighted by Crippen LogP contribution is 2.32. The third kappa shape index (κ3) is 2.35. The van der Waals surface area contributed by atoms with Crippen LogP contribution in [0, 0.1) is 0 Å². The lowest BCUT2D eigenvalue weighted by molar-refractivity contribution is -0.112. The summed E-state index contributed by atoms with van der Waals surface area (Å²) >= 11 is 0. The zero-order valence-corrected chi connectivity index (χ0v) is 12.6. The van der Waals surface area contributed by atoms with Gasteiger partial charge in [-0.2, -0.15) is 0 Å². The average Bonchev–Trinajstić information content (AvgIpc) is 2.73. The molecule has 3 aliphatic rings. The van der Waals surface area contributed by atoms with E-state index in [1.54, 1.807) is 12.3 Å². The summed E-state index contributed by atoms with van der Waals surface area (Å²) in [6.07, 6.45) is 2.85. The minimum absolute atomic E-state index is 0.00452. The van der Waals surface area contributed by atoms with Gasteiger partial charge in [-0.1, -0.05) is 0 Å². The van der Waals surface area contributed by atoms with Crippen LogP contribution in [0.25, 0.3) is 0 Å². The molecule has 0 spiro atoms. The van der Waals surface area contributed by atoms with Crippen LogP contribution >= 0.6 is 0 Å². The molecular weight excluding hydrogens is 298 g/mol. The van der Waals surface area contributed by atoms with E-state index in [1.165, 1.54) is 11.1 Å². The number of aromatic nitrogens is 1. The van der Waals surface area contributed by atoms with E-state index in [1.807, 2.05) is 4.90 Å². The number of piperazine rings is 1. The van der Waals surface area contributed by atoms with E-state index in [4.69, 9.17) is 4.74 Å². The normalized spacial score (nSPS) is 23.9. The Kier molecular flexibility index (Phi) is 3.45. The van der Waals surface area contributed by atoms with Crippen molar-refractivity contribution in [3.63, 3.8) is 0 Å². The molecule has 1 atom stereocenters. The van der Waals surface area contributed by atoms with Gasteiger partial charge in [-0.25, -0.2) is 4.98 Å². The molecule has 2 amide bonds. The third-order valence-electron chi connectivity index (χ3n) is 4.33. The number of ether oxygens (including phenoxy) is 1. The largest absolute Gasteiger partial charge is 0.490 e. The number of pyridine rings is 1. The summed E-state index contributed by atoms with van der Waals surface area (Å²) in [4.78, 5) is 36.7. The number of rotatable bonds is 1. The van der Waals surface area contributed by atoms with E-state index in [2.05, 4.69) is 15.3 Å². The summed E-state index contributed by atoms with van der Waals surface area (Å²) < 4.78 is 5.84. The Morgan fingerprint density at radius 3 is 3.09 bits per heavy atom. The predicted octanol–water partition coefficient (Wildman–Crippen LogP) is -0.695. The van der Waals surface area contributed by atoms with E-state index in [0.717, 1.165) is 6.54 Å². The van der Waals surface area contributed by atoms with Crippen LogP contribution in [0.5, 0.6) is 5.75 Å². The molecule has 0 bridgehead atoms. The summed E-state index contributed by atoms with van der Waals surface area (Å²) in [6.45, 7) is 3.43. The van der Waals surface area contributed by atoms with Crippen molar-refractivity contribution >= 4 is 23.8 Å². The topological polar surface area (TPSA) is 87.1 Å². The predicted molar refractivity (Wildman–Crippen MR) is 83.1 cm³/mol. The molecule has 1 aromatic rings. The van der Waals surface area contributed by atoms with E-state index < -0.39 is 0 Å². The number of carbonyl (C=O) groups is 2. The Bertz CT molecular complexity index is 690. The minimum Gasteiger partial charge on any atom is -0.490 e. The Morgan fingerprint density at radius 1 is 1.30 bits per heavy atom. The summed E-state index contributed by atoms with van der Waals surface area (Å²) in [5.41, 5.74) is 0.376. The maximum absolute atomic E-state index is 13.0. The zero-order valence-electron chi connectivity index (χ0n) is 12.6. The molecule has 8 nitrogen and oxygen atoms in total. The lowest BCUT2D eigenvalue weighted by Crippen LogP contribution is -2.55. The van der Waals surface area contributed by atoms with Crippen LogP contribution in [0.1, 0.15) is 10.4 Å². The van der Waals surface area contributed by atoms with Crippen molar-refractivity contribution in [2.24, 2.45) is 4.99 Å². The summed E-state index contributed by atoms with van der Waals surface area (Å²) in [7, 11) is 0. The molecule has 0 radical (unpaired) electrons. The van der Waals surface area contributed by atoms with Crippen molar-refractivity contribution in [1.82, 2.24) is 15.2 Å². The molecule has 1 N–H and O–H groups in total. The Hall–Kier alpha value is -2.48. The van der Waals surface area contributed by atoms with Crippen LogP contribution in [-0.2, 0) is 4.79 Å². The maximum Gasteiger partial charge on any atom is 0.270 e. The second kappa shape index (κ2) is 5.62. The van der Waals surface area contributed by atoms with Crippen LogP contribution in [0.3, 0.4) is 0 Å². The van der Waals surface area contributed by atoms with Crippen molar-refractivity contribution in [1.29, 1.82) is 0 Å². The Balaban J connectivity index is 1.78. The van der Waals surface area contributed by atoms with Crippen molar-refractivity contribution in [2.45, 2.75) is 6.04 Å². The quantitative estimate of drug-likeness (QED) is 0.741. The number of amides is 2. The van der Waals surface area contributed by atoms with Gasteiger partial charge in [0.25, 0.3) is 11.8 Å². The van der Waals surface area contributed by atoms with Gasteiger partial charge in [-0.3, -0.25) is 19.5 Å². The standard InChI is InChI=1S/C15H17N5O3/c21-12-8-17-4-6-20(12)14-13-11(1-2-18-14)23-9-10-7-16-3-5-19(10)15(13)22/h1-2,8,10,16H,3-7,9H2. The molecular formula is C15H17N5O3. The summed E-state index contributed by atoms with van der Waals surface area (Å²) in [5, 5.41) is 3.27. The number of nitrogens with one attached hydrogen (secondary N) is 1. The number of anilines is 1. The van der Waals surface area contributed by atoms with Crippen molar-refractivity contribution in [3.05, 3.63) is 17.8 Å². The molecule has 4 rings (SSSR count). The van der Waals surface area contributed by atoms with Gasteiger partial charge in [-0.05, 0) is 6.07 Å². The average molecular weight is 315 g/mol. The van der Waals surface area contributed by atoms with Gasteiger partial charge in [0.05, 0.1) is 18.8 Å². The van der Waals surface area contributed by atoms with Gasteiger partial charge in [0.2, 0.25) is 0 Å². The number of carbonyl (C=O) groups excluding carboxylic acids is 2. The van der Waals surface area contributed by atoms with E-state index >= 15 is 0 Å². The number of nitrogens with zero attached hydrogens (tertiary/aromatic N) is 4. The SMILES string of the molecule is O=C1C=NCCN1c1nccc2c1C(=O)N1CCNCC1CO2. The summed E-state index contributed by atoms with van der Waals surface area (Å²) in [6, 6.07) is 1.68. The summed E-state index contributed by atoms with van der Waals surface area (Å²) in [5.74, 6) is 0.473. The second-order valence-electron chi connectivity index (χ2n) is 5.70. The molecule has 0 aliphatic carbocycles. The number of fused-ring (bicyclic) bond motifs is 2. The van der Waals surface area contributed by atoms with Gasteiger partial charge in [0.1, 0.15) is 17.9 Å². The van der Waals surface area contributed by atoms with Crippen LogP contribution in [0.15, 0.2) is 17.3 Å². The monoisotopic (exact) mass is 315 g/mol. The van der Waals surface area contributed by atoms with Gasteiger partial charge < -0.3 is 15.0 Å². The Labute approximate surface area is 133 Å². The van der Waals surface area contributed by atoms with Gasteiger partial charge >= 0.3 is 0 Å². The highest BCUT2D eigenvalue weighted by Gasteiger charge is 2.36. The second-order valence-corrected chi connectivity index (χ2v) is 5.70. The van der Waals surface area contributed by atoms with Crippen molar-refractivity contribution in [2.75, 3.05) is 44.2 Å². The lowest BCUT2D eigenvalue weighted by atomic mass is 10.1. The van der Waals surface area contributed by atoms with E-state index in [9.17, 15) is 9.59 Å². The first-order chi connectivity index (χ1) is 11.3. The van der Waals surface area contributed by atoms with Crippen LogP contribution in [-0.4, -0.2) is 73.3 Å². The highest BCUT2D eigenvalue weighted by atomic mass is 16.5. The molecule has 0 aromatic carbocycles. The molecule has 23 heavy (non-hydrogen) atoms. The minimum atomic E-state index is -0.258. The van der Waals surface area contributed by atoms with Crippen molar-refractivity contribution < 1.29 is 14.3 Å². The molecule has 4 heterocycles. The molecule has 8 heteroatoms. The zero-order chi connectivity index (χ0) is 15.8. The fourth-order valence-electron chi connectivity index (χ4n) is 3.16. The van der Waals surface area contributed by atoms with Gasteiger partial charge in [0.15, 0.2) is 5.82 Å². The molecule has 1 unspecified atom stereocenters. The molecule has 1 fully saturated rings. The molecule has 120 valence electrons. The van der Waals surface area contributed by atoms with E-state index in [0.29, 0.717) is 49.9 Å². The van der Waals surface area contributed by atoms with Gasteiger partial charge in [-0.15, -0.1) is 0 Å².